The summed E-state index contributed by atoms with van der Waals surface area (Å²) in [5, 5.41) is 5.48. The van der Waals surface area contributed by atoms with E-state index in [4.69, 9.17) is 0 Å². The van der Waals surface area contributed by atoms with Crippen molar-refractivity contribution in [2.75, 3.05) is 20.1 Å². The highest BCUT2D eigenvalue weighted by Crippen LogP contribution is 2.42. The Balaban J connectivity index is 1.57. The molecule has 3 aromatic rings. The van der Waals surface area contributed by atoms with E-state index < -0.39 is 0 Å². The van der Waals surface area contributed by atoms with Crippen LogP contribution in [-0.2, 0) is 16.8 Å². The fourth-order valence-corrected chi connectivity index (χ4v) is 5.38. The van der Waals surface area contributed by atoms with Crippen molar-refractivity contribution in [3.05, 3.63) is 82.1 Å². The molecule has 31 heavy (non-hydrogen) atoms. The molecule has 1 N–H and O–H groups in total. The molecule has 1 aliphatic rings. The maximum Gasteiger partial charge on any atom is 0.223 e. The average Bonchev–Trinajstić information content (AvgIpc) is 2.78. The van der Waals surface area contributed by atoms with Gasteiger partial charge in [0.05, 0.1) is 0 Å². The molecule has 0 spiro atoms. The molecule has 1 heterocycles. The molecule has 3 aromatic carbocycles. The van der Waals surface area contributed by atoms with Crippen LogP contribution in [-0.4, -0.2) is 30.9 Å². The minimum atomic E-state index is -0.288. The number of nitrogens with zero attached hydrogens (tertiary/aromatic N) is 1. The van der Waals surface area contributed by atoms with Crippen LogP contribution in [0, 0.1) is 11.7 Å². The van der Waals surface area contributed by atoms with Crippen molar-refractivity contribution in [2.45, 2.75) is 31.7 Å². The highest BCUT2D eigenvalue weighted by molar-refractivity contribution is 9.10. The second kappa shape index (κ2) is 9.09. The largest absolute Gasteiger partial charge is 0.352 e. The van der Waals surface area contributed by atoms with Crippen molar-refractivity contribution in [3.63, 3.8) is 0 Å². The molecule has 1 saturated heterocycles. The predicted molar refractivity (Wildman–Crippen MR) is 127 cm³/mol. The second-order valence-electron chi connectivity index (χ2n) is 8.69. The number of hydrogen-bond acceptors (Lipinski definition) is 2. The Hall–Kier alpha value is -2.24. The first-order chi connectivity index (χ1) is 14.9. The number of nitrogens with one attached hydrogen (secondary N) is 1. The molecule has 4 rings (SSSR count). The Labute approximate surface area is 191 Å². The van der Waals surface area contributed by atoms with Gasteiger partial charge in [-0.15, -0.1) is 0 Å². The van der Waals surface area contributed by atoms with E-state index in [-0.39, 0.29) is 23.1 Å². The number of fused-ring (bicyclic) bond motifs is 1. The standard InChI is InChI=1S/C26H28BrFN2O/c1-18(26(11-13-30(2)14-12-26)21-7-9-23(28)10-8-21)25(31)29-17-20-16-22(27)15-19-5-3-4-6-24(19)20/h3-10,15-16,18H,11-14,17H2,1-2H3,(H,29,31). The number of halogens is 2. The lowest BCUT2D eigenvalue weighted by molar-refractivity contribution is -0.127. The molecule has 1 unspecified atom stereocenters. The van der Waals surface area contributed by atoms with Crippen molar-refractivity contribution in [1.29, 1.82) is 0 Å². The Morgan fingerprint density at radius 2 is 1.81 bits per heavy atom. The molecule has 0 radical (unpaired) electrons. The monoisotopic (exact) mass is 482 g/mol. The molecular formula is C26H28BrFN2O. The van der Waals surface area contributed by atoms with E-state index in [1.807, 2.05) is 31.2 Å². The molecule has 1 atom stereocenters. The molecule has 1 fully saturated rings. The lowest BCUT2D eigenvalue weighted by Gasteiger charge is -2.44. The van der Waals surface area contributed by atoms with E-state index in [1.54, 1.807) is 0 Å². The minimum absolute atomic E-state index is 0.0398. The first-order valence-electron chi connectivity index (χ1n) is 10.8. The van der Waals surface area contributed by atoms with E-state index >= 15 is 0 Å². The van der Waals surface area contributed by atoms with Crippen LogP contribution in [0.5, 0.6) is 0 Å². The van der Waals surface area contributed by atoms with Crippen molar-refractivity contribution in [1.82, 2.24) is 10.2 Å². The zero-order valence-corrected chi connectivity index (χ0v) is 19.6. The average molecular weight is 483 g/mol. The summed E-state index contributed by atoms with van der Waals surface area (Å²) in [5.41, 5.74) is 1.85. The summed E-state index contributed by atoms with van der Waals surface area (Å²) in [6.45, 7) is 4.34. The van der Waals surface area contributed by atoms with Crippen LogP contribution in [0.4, 0.5) is 4.39 Å². The molecule has 0 saturated carbocycles. The number of amides is 1. The lowest BCUT2D eigenvalue weighted by atomic mass is 9.64. The van der Waals surface area contributed by atoms with E-state index in [1.165, 1.54) is 12.1 Å². The first-order valence-corrected chi connectivity index (χ1v) is 11.6. The summed E-state index contributed by atoms with van der Waals surface area (Å²) in [4.78, 5) is 15.6. The van der Waals surface area contributed by atoms with E-state index in [9.17, 15) is 9.18 Å². The molecule has 5 heteroatoms. The summed E-state index contributed by atoms with van der Waals surface area (Å²) in [7, 11) is 2.11. The quantitative estimate of drug-likeness (QED) is 0.508. The van der Waals surface area contributed by atoms with E-state index in [2.05, 4.69) is 57.5 Å². The number of carbonyl (C=O) groups is 1. The van der Waals surface area contributed by atoms with Gasteiger partial charge in [-0.05, 0) is 79.1 Å². The van der Waals surface area contributed by atoms with Gasteiger partial charge in [0, 0.05) is 22.4 Å². The molecule has 1 amide bonds. The zero-order chi connectivity index (χ0) is 22.0. The third kappa shape index (κ3) is 4.53. The Bertz CT molecular complexity index is 1070. The van der Waals surface area contributed by atoms with Crippen molar-refractivity contribution in [3.8, 4) is 0 Å². The Morgan fingerprint density at radius 1 is 1.13 bits per heavy atom. The van der Waals surface area contributed by atoms with Crippen LogP contribution in [0.25, 0.3) is 10.8 Å². The molecule has 162 valence electrons. The number of rotatable bonds is 5. The van der Waals surface area contributed by atoms with Crippen LogP contribution < -0.4 is 5.32 Å². The zero-order valence-electron chi connectivity index (χ0n) is 18.0. The number of hydrogen-bond donors (Lipinski definition) is 1. The summed E-state index contributed by atoms with van der Waals surface area (Å²) in [6.07, 6.45) is 1.76. The van der Waals surface area contributed by atoms with Crippen LogP contribution in [0.15, 0.2) is 65.1 Å². The van der Waals surface area contributed by atoms with Crippen LogP contribution in [0.1, 0.15) is 30.9 Å². The maximum atomic E-state index is 13.6. The van der Waals surface area contributed by atoms with Gasteiger partial charge in [0.25, 0.3) is 0 Å². The van der Waals surface area contributed by atoms with Gasteiger partial charge in [-0.25, -0.2) is 4.39 Å². The van der Waals surface area contributed by atoms with Crippen molar-refractivity contribution < 1.29 is 9.18 Å². The molecule has 3 nitrogen and oxygen atoms in total. The minimum Gasteiger partial charge on any atom is -0.352 e. The van der Waals surface area contributed by atoms with Gasteiger partial charge in [-0.1, -0.05) is 59.3 Å². The first kappa shape index (κ1) is 22.0. The summed E-state index contributed by atoms with van der Waals surface area (Å²) in [6, 6.07) is 19.1. The molecule has 0 aromatic heterocycles. The summed E-state index contributed by atoms with van der Waals surface area (Å²) >= 11 is 3.58. The van der Waals surface area contributed by atoms with Gasteiger partial charge in [0.2, 0.25) is 5.91 Å². The van der Waals surface area contributed by atoms with Crippen molar-refractivity contribution in [2.24, 2.45) is 5.92 Å². The van der Waals surface area contributed by atoms with E-state index in [0.29, 0.717) is 6.54 Å². The third-order valence-corrected chi connectivity index (χ3v) is 7.34. The van der Waals surface area contributed by atoms with E-state index in [0.717, 1.165) is 52.3 Å². The third-order valence-electron chi connectivity index (χ3n) is 6.89. The summed E-state index contributed by atoms with van der Waals surface area (Å²) in [5.74, 6) is -0.423. The van der Waals surface area contributed by atoms with Gasteiger partial charge in [-0.2, -0.15) is 0 Å². The summed E-state index contributed by atoms with van der Waals surface area (Å²) < 4.78 is 14.6. The Morgan fingerprint density at radius 3 is 2.52 bits per heavy atom. The molecule has 0 bridgehead atoms. The van der Waals surface area contributed by atoms with Gasteiger partial charge in [-0.3, -0.25) is 4.79 Å². The second-order valence-corrected chi connectivity index (χ2v) is 9.61. The van der Waals surface area contributed by atoms with Crippen LogP contribution in [0.3, 0.4) is 0 Å². The predicted octanol–water partition coefficient (Wildman–Crippen LogP) is 5.66. The molecule has 0 aliphatic carbocycles. The smallest absolute Gasteiger partial charge is 0.223 e. The fourth-order valence-electron chi connectivity index (χ4n) is 4.85. The van der Waals surface area contributed by atoms with Crippen LogP contribution in [0.2, 0.25) is 0 Å². The van der Waals surface area contributed by atoms with Gasteiger partial charge < -0.3 is 10.2 Å². The normalized spacial score (nSPS) is 17.4. The topological polar surface area (TPSA) is 32.3 Å². The highest BCUT2D eigenvalue weighted by atomic mass is 79.9. The maximum absolute atomic E-state index is 13.6. The van der Waals surface area contributed by atoms with Crippen molar-refractivity contribution >= 4 is 32.6 Å². The number of carbonyl (C=O) groups excluding carboxylic acids is 1. The molecular weight excluding hydrogens is 455 g/mol. The fraction of sp³-hybridized carbons (Fsp3) is 0.346. The highest BCUT2D eigenvalue weighted by Gasteiger charge is 2.43. The van der Waals surface area contributed by atoms with Gasteiger partial charge >= 0.3 is 0 Å². The van der Waals surface area contributed by atoms with Gasteiger partial charge in [0.15, 0.2) is 0 Å². The lowest BCUT2D eigenvalue weighted by Crippen LogP contribution is -2.49. The number of piperidine rings is 1. The number of benzene rings is 3. The van der Waals surface area contributed by atoms with Crippen LogP contribution >= 0.6 is 15.9 Å². The Kier molecular flexibility index (Phi) is 6.44. The van der Waals surface area contributed by atoms with Gasteiger partial charge in [0.1, 0.15) is 5.82 Å². The number of likely N-dealkylation sites (tertiary alicyclic amines) is 1. The molecule has 1 aliphatic heterocycles. The SMILES string of the molecule is CC(C(=O)NCc1cc(Br)cc2ccccc12)C1(c2ccc(F)cc2)CCN(C)CC1.